The third-order valence-corrected chi connectivity index (χ3v) is 6.75. The molecule has 6 nitrogen and oxygen atoms in total. The van der Waals surface area contributed by atoms with Gasteiger partial charge < -0.3 is 24.6 Å². The maximum absolute atomic E-state index is 12.3. The molecule has 2 aromatic carbocycles. The third-order valence-electron chi connectivity index (χ3n) is 6.75. The second-order valence-corrected chi connectivity index (χ2v) is 9.96. The third kappa shape index (κ3) is 5.54. The molecule has 194 valence electrons. The fraction of sp³-hybridized carbons (Fsp3) is 0.344. The molecule has 2 aromatic rings. The number of aryl methyl sites for hydroxylation is 1. The van der Waals surface area contributed by atoms with Crippen LogP contribution in [0.5, 0.6) is 5.75 Å². The molecular weight excluding hydrogens is 478 g/mol. The Balaban J connectivity index is 1.37. The van der Waals surface area contributed by atoms with Crippen LogP contribution in [0.15, 0.2) is 84.0 Å². The predicted molar refractivity (Wildman–Crippen MR) is 144 cm³/mol. The average Bonchev–Trinajstić information content (AvgIpc) is 3.39. The van der Waals surface area contributed by atoms with Gasteiger partial charge in [0.15, 0.2) is 17.5 Å². The largest absolute Gasteiger partial charge is 0.474 e. The van der Waals surface area contributed by atoms with Gasteiger partial charge >= 0.3 is 0 Å². The monoisotopic (exact) mass is 509 g/mol. The minimum absolute atomic E-state index is 0.0716. The summed E-state index contributed by atoms with van der Waals surface area (Å²) in [7, 11) is 0. The van der Waals surface area contributed by atoms with Crippen molar-refractivity contribution in [2.75, 3.05) is 6.54 Å². The van der Waals surface area contributed by atoms with E-state index < -0.39 is 23.6 Å². The van der Waals surface area contributed by atoms with Gasteiger partial charge in [0, 0.05) is 24.1 Å². The quantitative estimate of drug-likeness (QED) is 0.557. The molecule has 0 radical (unpaired) electrons. The predicted octanol–water partition coefficient (Wildman–Crippen LogP) is 3.71. The van der Waals surface area contributed by atoms with Gasteiger partial charge in [-0.05, 0) is 44.4 Å². The van der Waals surface area contributed by atoms with E-state index in [-0.39, 0.29) is 18.6 Å². The molecule has 1 amide bonds. The van der Waals surface area contributed by atoms with Gasteiger partial charge in [-0.2, -0.15) is 0 Å². The Labute approximate surface area is 223 Å². The highest BCUT2D eigenvalue weighted by molar-refractivity contribution is 5.76. The molecule has 1 spiro atoms. The van der Waals surface area contributed by atoms with Crippen LogP contribution in [0.25, 0.3) is 0 Å². The number of carbonyl (C=O) groups excluding carboxylic acids is 1. The standard InChI is InChI=1S/C32H31NO5/c1-31(2)37-29-18-16-25-15-14-24(21-22-33-30(35)20-13-23-9-5-3-6-10-23)27(34)17-19-28(32(25,29)38-31)36-26-11-7-4-8-12-26/h3-12,16,21,27-29,34H,13,18,20,22H2,1-2H3,(H,33,35)/b24-21+/t27-,28?,29-,32-/m1/s1. The summed E-state index contributed by atoms with van der Waals surface area (Å²) in [6.07, 6.45) is 3.14. The molecular formula is C32H31NO5. The topological polar surface area (TPSA) is 77.0 Å². The minimum atomic E-state index is -1.14. The normalized spacial score (nSPS) is 27.7. The Morgan fingerprint density at radius 3 is 2.61 bits per heavy atom. The van der Waals surface area contributed by atoms with E-state index >= 15 is 0 Å². The van der Waals surface area contributed by atoms with Crippen LogP contribution in [-0.4, -0.2) is 47.3 Å². The number of benzene rings is 2. The van der Waals surface area contributed by atoms with Crippen LogP contribution in [0, 0.1) is 23.7 Å². The van der Waals surface area contributed by atoms with Crippen molar-refractivity contribution in [3.05, 3.63) is 89.5 Å². The van der Waals surface area contributed by atoms with E-state index in [1.54, 1.807) is 6.08 Å². The van der Waals surface area contributed by atoms with Crippen molar-refractivity contribution in [1.82, 2.24) is 5.32 Å². The van der Waals surface area contributed by atoms with Crippen molar-refractivity contribution in [2.24, 2.45) is 0 Å². The Bertz CT molecular complexity index is 1360. The lowest BCUT2D eigenvalue weighted by atomic mass is 9.87. The number of nitrogens with one attached hydrogen (secondary N) is 1. The first-order valence-electron chi connectivity index (χ1n) is 12.9. The highest BCUT2D eigenvalue weighted by atomic mass is 16.8. The highest BCUT2D eigenvalue weighted by Crippen LogP contribution is 2.49. The number of amides is 1. The number of aliphatic hydroxyl groups excluding tert-OH is 1. The molecule has 4 atom stereocenters. The number of hydrogen-bond donors (Lipinski definition) is 2. The second-order valence-electron chi connectivity index (χ2n) is 9.96. The number of para-hydroxylation sites is 1. The summed E-state index contributed by atoms with van der Waals surface area (Å²) in [5, 5.41) is 13.8. The van der Waals surface area contributed by atoms with Crippen molar-refractivity contribution in [3.63, 3.8) is 0 Å². The van der Waals surface area contributed by atoms with Crippen LogP contribution in [0.2, 0.25) is 0 Å². The van der Waals surface area contributed by atoms with E-state index in [0.717, 1.165) is 11.1 Å². The van der Waals surface area contributed by atoms with Crippen molar-refractivity contribution in [3.8, 4) is 29.4 Å². The van der Waals surface area contributed by atoms with Crippen molar-refractivity contribution in [1.29, 1.82) is 0 Å². The van der Waals surface area contributed by atoms with E-state index in [2.05, 4.69) is 29.0 Å². The molecule has 0 bridgehead atoms. The molecule has 2 aliphatic carbocycles. The molecule has 1 unspecified atom stereocenters. The molecule has 5 rings (SSSR count). The van der Waals surface area contributed by atoms with Gasteiger partial charge in [0.2, 0.25) is 5.91 Å². The van der Waals surface area contributed by atoms with E-state index in [9.17, 15) is 9.90 Å². The van der Waals surface area contributed by atoms with Gasteiger partial charge in [-0.3, -0.25) is 4.79 Å². The Hall–Kier alpha value is -3.81. The molecule has 1 fully saturated rings. The maximum Gasteiger partial charge on any atom is 0.220 e. The van der Waals surface area contributed by atoms with Gasteiger partial charge in [-0.15, -0.1) is 0 Å². The molecule has 6 heteroatoms. The number of rotatable bonds is 7. The summed E-state index contributed by atoms with van der Waals surface area (Å²) in [6, 6.07) is 19.3. The van der Waals surface area contributed by atoms with Crippen LogP contribution in [0.1, 0.15) is 32.3 Å². The first-order valence-corrected chi connectivity index (χ1v) is 12.9. The number of hydrogen-bond acceptors (Lipinski definition) is 5. The van der Waals surface area contributed by atoms with Crippen LogP contribution < -0.4 is 10.1 Å². The van der Waals surface area contributed by atoms with E-state index in [0.29, 0.717) is 30.6 Å². The summed E-state index contributed by atoms with van der Waals surface area (Å²) >= 11 is 0. The zero-order valence-electron chi connectivity index (χ0n) is 21.6. The Kier molecular flexibility index (Phi) is 7.40. The fourth-order valence-electron chi connectivity index (χ4n) is 5.00. The zero-order chi connectivity index (χ0) is 26.6. The Morgan fingerprint density at radius 1 is 1.11 bits per heavy atom. The van der Waals surface area contributed by atoms with Gasteiger partial charge in [0.1, 0.15) is 18.0 Å². The molecule has 2 N–H and O–H groups in total. The molecule has 3 aliphatic rings. The van der Waals surface area contributed by atoms with Crippen molar-refractivity contribution >= 4 is 5.91 Å². The minimum Gasteiger partial charge on any atom is -0.474 e. The van der Waals surface area contributed by atoms with Crippen molar-refractivity contribution in [2.45, 2.75) is 62.8 Å². The summed E-state index contributed by atoms with van der Waals surface area (Å²) in [4.78, 5) is 12.3. The zero-order valence-corrected chi connectivity index (χ0v) is 21.6. The lowest BCUT2D eigenvalue weighted by molar-refractivity contribution is -0.166. The molecule has 1 aliphatic heterocycles. The van der Waals surface area contributed by atoms with Crippen molar-refractivity contribution < 1.29 is 24.1 Å². The highest BCUT2D eigenvalue weighted by Gasteiger charge is 2.62. The summed E-state index contributed by atoms with van der Waals surface area (Å²) in [5.41, 5.74) is 1.22. The summed E-state index contributed by atoms with van der Waals surface area (Å²) < 4.78 is 19.1. The summed E-state index contributed by atoms with van der Waals surface area (Å²) in [6.45, 7) is 3.97. The van der Waals surface area contributed by atoms with Crippen LogP contribution >= 0.6 is 0 Å². The second kappa shape index (κ2) is 10.9. The number of ether oxygens (including phenoxy) is 3. The lowest BCUT2D eigenvalue weighted by Crippen LogP contribution is -2.52. The molecule has 1 saturated heterocycles. The van der Waals surface area contributed by atoms with Gasteiger partial charge in [-0.25, -0.2) is 0 Å². The van der Waals surface area contributed by atoms with E-state index in [4.69, 9.17) is 14.2 Å². The maximum atomic E-state index is 12.3. The van der Waals surface area contributed by atoms with Crippen LogP contribution in [-0.2, 0) is 20.7 Å². The van der Waals surface area contributed by atoms with E-state index in [1.165, 1.54) is 0 Å². The molecule has 0 saturated carbocycles. The first-order chi connectivity index (χ1) is 18.4. The molecule has 0 aromatic heterocycles. The van der Waals surface area contributed by atoms with Crippen LogP contribution in [0.4, 0.5) is 0 Å². The average molecular weight is 510 g/mol. The number of aliphatic hydroxyl groups is 1. The SMILES string of the molecule is CC1(C)O[C@@H]2CC=C3C#C/C(=C\CNC(=O)CCc4ccccc4)[C@H](O)C#CC(Oc4ccccc4)[C@]32O1. The molecule has 1 heterocycles. The summed E-state index contributed by atoms with van der Waals surface area (Å²) in [5.74, 6) is 12.0. The lowest BCUT2D eigenvalue weighted by Gasteiger charge is -2.34. The fourth-order valence-corrected chi connectivity index (χ4v) is 5.00. The van der Waals surface area contributed by atoms with Crippen LogP contribution in [0.3, 0.4) is 0 Å². The van der Waals surface area contributed by atoms with E-state index in [1.807, 2.05) is 80.6 Å². The Morgan fingerprint density at radius 2 is 1.84 bits per heavy atom. The first kappa shape index (κ1) is 25.8. The van der Waals surface area contributed by atoms with Gasteiger partial charge in [-0.1, -0.05) is 84.4 Å². The van der Waals surface area contributed by atoms with Gasteiger partial charge in [0.25, 0.3) is 0 Å². The number of carbonyl (C=O) groups is 1. The molecule has 38 heavy (non-hydrogen) atoms. The smallest absolute Gasteiger partial charge is 0.220 e. The van der Waals surface area contributed by atoms with Gasteiger partial charge in [0.05, 0.1) is 0 Å².